The molecular formula is C88H172O17P2. The van der Waals surface area contributed by atoms with Crippen LogP contribution in [0.5, 0.6) is 0 Å². The lowest BCUT2D eigenvalue weighted by Gasteiger charge is -2.21. The highest BCUT2D eigenvalue weighted by Crippen LogP contribution is 2.45. The Morgan fingerprint density at radius 2 is 0.477 bits per heavy atom. The van der Waals surface area contributed by atoms with Crippen molar-refractivity contribution in [2.24, 2.45) is 11.8 Å². The molecular weight excluding hydrogens is 1390 g/mol. The third-order valence-electron chi connectivity index (χ3n) is 21.1. The molecule has 107 heavy (non-hydrogen) atoms. The van der Waals surface area contributed by atoms with E-state index >= 15 is 0 Å². The lowest BCUT2D eigenvalue weighted by atomic mass is 9.99. The number of hydrogen-bond donors (Lipinski definition) is 3. The van der Waals surface area contributed by atoms with Gasteiger partial charge in [-0.25, -0.2) is 9.13 Å². The van der Waals surface area contributed by atoms with Crippen LogP contribution in [0.15, 0.2) is 0 Å². The lowest BCUT2D eigenvalue weighted by Crippen LogP contribution is -2.30. The highest BCUT2D eigenvalue weighted by molar-refractivity contribution is 7.47. The van der Waals surface area contributed by atoms with Crippen LogP contribution >= 0.6 is 15.6 Å². The number of unbranched alkanes of at least 4 members (excludes halogenated alkanes) is 56. The summed E-state index contributed by atoms with van der Waals surface area (Å²) in [6.45, 7) is 9.72. The number of ether oxygens (including phenoxy) is 4. The monoisotopic (exact) mass is 1560 g/mol. The van der Waals surface area contributed by atoms with E-state index in [9.17, 15) is 43.2 Å². The van der Waals surface area contributed by atoms with Gasteiger partial charge in [0.15, 0.2) is 12.2 Å². The van der Waals surface area contributed by atoms with Gasteiger partial charge < -0.3 is 33.8 Å². The summed E-state index contributed by atoms with van der Waals surface area (Å²) in [6.07, 6.45) is 72.2. The zero-order valence-electron chi connectivity index (χ0n) is 70.5. The van der Waals surface area contributed by atoms with Crippen LogP contribution in [0.4, 0.5) is 0 Å². The van der Waals surface area contributed by atoms with Crippen LogP contribution in [-0.2, 0) is 65.4 Å². The highest BCUT2D eigenvalue weighted by atomic mass is 31.2. The maximum absolute atomic E-state index is 13.2. The van der Waals surface area contributed by atoms with Gasteiger partial charge in [0, 0.05) is 25.7 Å². The van der Waals surface area contributed by atoms with E-state index < -0.39 is 97.5 Å². The molecule has 0 saturated heterocycles. The zero-order valence-corrected chi connectivity index (χ0v) is 72.2. The first-order valence-corrected chi connectivity index (χ1v) is 48.5. The summed E-state index contributed by atoms with van der Waals surface area (Å²) in [4.78, 5) is 73.3. The average Bonchev–Trinajstić information content (AvgIpc) is 0.893. The third-order valence-corrected chi connectivity index (χ3v) is 23.0. The molecule has 19 heteroatoms. The van der Waals surface area contributed by atoms with Crippen LogP contribution < -0.4 is 0 Å². The van der Waals surface area contributed by atoms with E-state index in [0.717, 1.165) is 102 Å². The molecule has 0 saturated carbocycles. The van der Waals surface area contributed by atoms with Crippen LogP contribution in [0.2, 0.25) is 0 Å². The van der Waals surface area contributed by atoms with Crippen molar-refractivity contribution in [3.8, 4) is 0 Å². The van der Waals surface area contributed by atoms with Crippen molar-refractivity contribution >= 4 is 39.5 Å². The maximum atomic E-state index is 13.2. The second-order valence-electron chi connectivity index (χ2n) is 32.4. The molecule has 0 rings (SSSR count). The fourth-order valence-electron chi connectivity index (χ4n) is 13.7. The Labute approximate surface area is 658 Å². The standard InChI is InChI=1S/C88H172O17P2/c1-7-10-12-14-16-18-20-22-23-24-25-26-27-31-34-38-41-45-52-58-64-70-85(90)98-76-83(104-88(93)73-67-61-55-47-43-39-35-32-29-28-30-33-37-40-44-50-56-62-68-80(4)5)78-102-106(94,95)100-74-82(89)75-101-107(96,97)103-79-84(77-99-86(91)71-65-59-53-49-48-51-57-63-69-81(6)9-3)105-87(92)72-66-60-54-46-42-36-21-19-17-15-13-11-8-2/h80-84,89H,7-79H2,1-6H3,(H,94,95)(H,96,97)/t81?,82-,83-,84-/m1/s1. The Morgan fingerprint density at radius 3 is 0.710 bits per heavy atom. The number of phosphoric ester groups is 2. The molecule has 0 bridgehead atoms. The molecule has 3 N–H and O–H groups in total. The summed E-state index contributed by atoms with van der Waals surface area (Å²) in [5, 5.41) is 10.7. The van der Waals surface area contributed by atoms with E-state index in [0.29, 0.717) is 25.7 Å². The summed E-state index contributed by atoms with van der Waals surface area (Å²) in [5.41, 5.74) is 0. The largest absolute Gasteiger partial charge is 0.472 e. The predicted octanol–water partition coefficient (Wildman–Crippen LogP) is 27.0. The molecule has 0 aromatic rings. The van der Waals surface area contributed by atoms with Crippen LogP contribution in [0, 0.1) is 11.8 Å². The minimum Gasteiger partial charge on any atom is -0.462 e. The summed E-state index contributed by atoms with van der Waals surface area (Å²) in [5.74, 6) is -0.502. The summed E-state index contributed by atoms with van der Waals surface area (Å²) in [7, 11) is -9.93. The Balaban J connectivity index is 5.23. The number of rotatable bonds is 87. The molecule has 0 aromatic heterocycles. The number of aliphatic hydroxyl groups is 1. The predicted molar refractivity (Wildman–Crippen MR) is 442 cm³/mol. The van der Waals surface area contributed by atoms with Crippen molar-refractivity contribution in [2.75, 3.05) is 39.6 Å². The minimum absolute atomic E-state index is 0.108. The SMILES string of the molecule is CCCCCCCCCCCCCCCCCCCCCCCC(=O)OC[C@H](COP(=O)(O)OC[C@@H](O)COP(=O)(O)OC[C@@H](COC(=O)CCCCCCCCCCC(C)CC)OC(=O)CCCCCCCCCCCCCCC)OC(=O)CCCCCCCCCCCCCCCCCCCCC(C)C. The molecule has 0 fully saturated rings. The van der Waals surface area contributed by atoms with Crippen LogP contribution in [0.3, 0.4) is 0 Å². The van der Waals surface area contributed by atoms with Gasteiger partial charge in [0.1, 0.15) is 19.3 Å². The number of esters is 4. The first kappa shape index (κ1) is 105. The quantitative estimate of drug-likeness (QED) is 0.0222. The van der Waals surface area contributed by atoms with Crippen molar-refractivity contribution in [1.82, 2.24) is 0 Å². The molecule has 0 aliphatic carbocycles. The van der Waals surface area contributed by atoms with E-state index in [1.165, 1.54) is 289 Å². The van der Waals surface area contributed by atoms with Gasteiger partial charge in [-0.3, -0.25) is 37.3 Å². The number of phosphoric acid groups is 2. The Kier molecular flexibility index (Phi) is 77.9. The van der Waals surface area contributed by atoms with Gasteiger partial charge >= 0.3 is 39.5 Å². The van der Waals surface area contributed by atoms with Crippen molar-refractivity contribution in [3.63, 3.8) is 0 Å². The molecule has 6 atom stereocenters. The number of carbonyl (C=O) groups is 4. The minimum atomic E-state index is -4.97. The van der Waals surface area contributed by atoms with Gasteiger partial charge in [-0.2, -0.15) is 0 Å². The molecule has 0 radical (unpaired) electrons. The second kappa shape index (κ2) is 79.3. The van der Waals surface area contributed by atoms with E-state index in [4.69, 9.17) is 37.0 Å². The lowest BCUT2D eigenvalue weighted by molar-refractivity contribution is -0.161. The molecule has 3 unspecified atom stereocenters. The summed E-state index contributed by atoms with van der Waals surface area (Å²) < 4.78 is 68.9. The molecule has 0 heterocycles. The van der Waals surface area contributed by atoms with E-state index in [1.807, 2.05) is 0 Å². The fourth-order valence-corrected chi connectivity index (χ4v) is 15.3. The normalized spacial score (nSPS) is 14.0. The van der Waals surface area contributed by atoms with Crippen LogP contribution in [0.1, 0.15) is 472 Å². The number of aliphatic hydroxyl groups excluding tert-OH is 1. The summed E-state index contributed by atoms with van der Waals surface area (Å²) in [6, 6.07) is 0. The zero-order chi connectivity index (χ0) is 78.5. The second-order valence-corrected chi connectivity index (χ2v) is 35.3. The molecule has 0 aliphatic heterocycles. The molecule has 0 aromatic carbocycles. The van der Waals surface area contributed by atoms with Gasteiger partial charge in [-0.15, -0.1) is 0 Å². The molecule has 0 aliphatic rings. The van der Waals surface area contributed by atoms with Crippen molar-refractivity contribution in [1.29, 1.82) is 0 Å². The Bertz CT molecular complexity index is 2050. The van der Waals surface area contributed by atoms with Crippen molar-refractivity contribution in [2.45, 2.75) is 490 Å². The first-order valence-electron chi connectivity index (χ1n) is 45.5. The van der Waals surface area contributed by atoms with E-state index in [2.05, 4.69) is 41.5 Å². The highest BCUT2D eigenvalue weighted by Gasteiger charge is 2.31. The average molecular weight is 1560 g/mol. The smallest absolute Gasteiger partial charge is 0.462 e. The van der Waals surface area contributed by atoms with Gasteiger partial charge in [0.2, 0.25) is 0 Å². The number of hydrogen-bond acceptors (Lipinski definition) is 15. The maximum Gasteiger partial charge on any atom is 0.472 e. The molecule has 17 nitrogen and oxygen atoms in total. The van der Waals surface area contributed by atoms with Gasteiger partial charge in [0.05, 0.1) is 26.4 Å². The van der Waals surface area contributed by atoms with Gasteiger partial charge in [-0.05, 0) is 37.5 Å². The third kappa shape index (κ3) is 80.5. The van der Waals surface area contributed by atoms with Crippen LogP contribution in [-0.4, -0.2) is 96.7 Å². The first-order chi connectivity index (χ1) is 51.9. The van der Waals surface area contributed by atoms with Crippen molar-refractivity contribution in [3.05, 3.63) is 0 Å². The molecule has 0 amide bonds. The Hall–Kier alpha value is -1.94. The van der Waals surface area contributed by atoms with Crippen molar-refractivity contribution < 1.29 is 80.2 Å². The van der Waals surface area contributed by atoms with Crippen LogP contribution in [0.25, 0.3) is 0 Å². The Morgan fingerprint density at radius 1 is 0.271 bits per heavy atom. The number of carbonyl (C=O) groups excluding carboxylic acids is 4. The van der Waals surface area contributed by atoms with E-state index in [-0.39, 0.29) is 25.7 Å². The van der Waals surface area contributed by atoms with Gasteiger partial charge in [-0.1, -0.05) is 420 Å². The molecule has 636 valence electrons. The van der Waals surface area contributed by atoms with E-state index in [1.54, 1.807) is 0 Å². The topological polar surface area (TPSA) is 237 Å². The van der Waals surface area contributed by atoms with Gasteiger partial charge in [0.25, 0.3) is 0 Å². The molecule has 0 spiro atoms. The fraction of sp³-hybridized carbons (Fsp3) is 0.955. The summed E-state index contributed by atoms with van der Waals surface area (Å²) >= 11 is 0.